The van der Waals surface area contributed by atoms with Crippen LogP contribution in [0, 0.1) is 0 Å². The first kappa shape index (κ1) is 51.8. The highest BCUT2D eigenvalue weighted by atomic mass is 16.6. The first-order valence-corrected chi connectivity index (χ1v) is 22.4. The molecule has 0 aromatic rings. The Morgan fingerprint density at radius 2 is 1.02 bits per heavy atom. The molecule has 0 bridgehead atoms. The Bertz CT molecular complexity index is 942. The molecule has 8 nitrogen and oxygen atoms in total. The second kappa shape index (κ2) is 37.7. The van der Waals surface area contributed by atoms with Crippen LogP contribution >= 0.6 is 0 Å². The number of carboxylic acid groups (broad SMARTS) is 1. The molecule has 0 aliphatic heterocycles. The number of quaternary nitrogens is 1. The molecule has 0 spiro atoms. The van der Waals surface area contributed by atoms with Crippen molar-refractivity contribution in [2.24, 2.45) is 0 Å². The van der Waals surface area contributed by atoms with E-state index in [1.807, 2.05) is 21.1 Å². The van der Waals surface area contributed by atoms with Gasteiger partial charge in [0.25, 0.3) is 0 Å². The van der Waals surface area contributed by atoms with Gasteiger partial charge < -0.3 is 23.8 Å². The fourth-order valence-electron chi connectivity index (χ4n) is 6.60. The number of allylic oxidation sites excluding steroid dienone is 4. The standard InChI is InChI=1S/C46H85NO7/c1-6-8-10-12-14-16-18-20-21-22-23-25-26-28-30-32-34-36-44(48)53-41-42(40-52-39-38-43(46(50)51)47(3,4)5)54-45(49)37-35-33-31-29-27-24-19-17-15-13-11-9-7-2/h11,13,17,19,42-43H,6-10,12,14-16,18,20-41H2,1-5H3/p+1/b13-11-,19-17-. The zero-order chi connectivity index (χ0) is 40.0. The van der Waals surface area contributed by atoms with Crippen molar-refractivity contribution >= 4 is 17.9 Å². The summed E-state index contributed by atoms with van der Waals surface area (Å²) in [7, 11) is 5.52. The fraction of sp³-hybridized carbons (Fsp3) is 0.848. The van der Waals surface area contributed by atoms with Gasteiger partial charge in [-0.15, -0.1) is 0 Å². The van der Waals surface area contributed by atoms with Crippen molar-refractivity contribution in [3.05, 3.63) is 24.3 Å². The smallest absolute Gasteiger partial charge is 0.362 e. The molecule has 54 heavy (non-hydrogen) atoms. The minimum absolute atomic E-state index is 0.0524. The van der Waals surface area contributed by atoms with Gasteiger partial charge in [0.05, 0.1) is 34.4 Å². The molecule has 0 amide bonds. The molecular weight excluding hydrogens is 679 g/mol. The molecule has 1 N–H and O–H groups in total. The van der Waals surface area contributed by atoms with Gasteiger partial charge in [0.1, 0.15) is 6.61 Å². The first-order chi connectivity index (χ1) is 26.1. The molecule has 0 rings (SSSR count). The Hall–Kier alpha value is -2.19. The van der Waals surface area contributed by atoms with Crippen LogP contribution in [0.1, 0.15) is 200 Å². The van der Waals surface area contributed by atoms with Crippen molar-refractivity contribution in [1.29, 1.82) is 0 Å². The molecule has 2 atom stereocenters. The molecule has 0 saturated carbocycles. The minimum Gasteiger partial charge on any atom is -0.477 e. The SMILES string of the molecule is CCC/C=C\C/C=C\CCCCCCCC(=O)OC(COCCC(C(=O)O)[N+](C)(C)C)COC(=O)CCCCCCCCCCCCCCCCCCC. The molecule has 0 fully saturated rings. The Morgan fingerprint density at radius 3 is 1.50 bits per heavy atom. The fourth-order valence-corrected chi connectivity index (χ4v) is 6.60. The number of carboxylic acids is 1. The van der Waals surface area contributed by atoms with E-state index < -0.39 is 18.1 Å². The summed E-state index contributed by atoms with van der Waals surface area (Å²) in [4.78, 5) is 36.9. The number of rotatable bonds is 40. The number of likely N-dealkylation sites (N-methyl/N-ethyl adjacent to an activating group) is 1. The third-order valence-corrected chi connectivity index (χ3v) is 10.1. The predicted molar refractivity (Wildman–Crippen MR) is 225 cm³/mol. The second-order valence-corrected chi connectivity index (χ2v) is 16.3. The van der Waals surface area contributed by atoms with E-state index in [4.69, 9.17) is 14.2 Å². The number of carbonyl (C=O) groups is 3. The summed E-state index contributed by atoms with van der Waals surface area (Å²) >= 11 is 0. The number of hydrogen-bond donors (Lipinski definition) is 1. The third-order valence-electron chi connectivity index (χ3n) is 10.1. The van der Waals surface area contributed by atoms with Crippen LogP contribution in [0.2, 0.25) is 0 Å². The lowest BCUT2D eigenvalue weighted by Crippen LogP contribution is -2.50. The first-order valence-electron chi connectivity index (χ1n) is 22.4. The third kappa shape index (κ3) is 35.5. The maximum absolute atomic E-state index is 12.7. The van der Waals surface area contributed by atoms with E-state index in [-0.39, 0.29) is 36.2 Å². The number of nitrogens with zero attached hydrogens (tertiary/aromatic N) is 1. The predicted octanol–water partition coefficient (Wildman–Crippen LogP) is 12.1. The van der Waals surface area contributed by atoms with E-state index >= 15 is 0 Å². The van der Waals surface area contributed by atoms with Crippen LogP contribution in [0.15, 0.2) is 24.3 Å². The average molecular weight is 765 g/mol. The number of ether oxygens (including phenoxy) is 3. The Morgan fingerprint density at radius 1 is 0.556 bits per heavy atom. The molecule has 0 heterocycles. The van der Waals surface area contributed by atoms with Gasteiger partial charge in [0.15, 0.2) is 12.1 Å². The number of carbonyl (C=O) groups excluding carboxylic acids is 2. The quantitative estimate of drug-likeness (QED) is 0.0287. The minimum atomic E-state index is -0.876. The van der Waals surface area contributed by atoms with Crippen molar-refractivity contribution in [2.75, 3.05) is 41.0 Å². The highest BCUT2D eigenvalue weighted by molar-refractivity contribution is 5.72. The van der Waals surface area contributed by atoms with Crippen LogP contribution in [-0.4, -0.2) is 80.6 Å². The lowest BCUT2D eigenvalue weighted by Gasteiger charge is -2.31. The largest absolute Gasteiger partial charge is 0.477 e. The molecule has 0 aromatic heterocycles. The van der Waals surface area contributed by atoms with E-state index in [1.54, 1.807) is 0 Å². The molecule has 0 aliphatic rings. The molecule has 316 valence electrons. The Balaban J connectivity index is 4.30. The Kier molecular flexibility index (Phi) is 36.2. The van der Waals surface area contributed by atoms with E-state index in [1.165, 1.54) is 96.3 Å². The lowest BCUT2D eigenvalue weighted by atomic mass is 10.0. The van der Waals surface area contributed by atoms with E-state index in [2.05, 4.69) is 38.2 Å². The summed E-state index contributed by atoms with van der Waals surface area (Å²) in [5.41, 5.74) is 0. The van der Waals surface area contributed by atoms with Crippen LogP contribution in [0.5, 0.6) is 0 Å². The van der Waals surface area contributed by atoms with Crippen LogP contribution in [0.4, 0.5) is 0 Å². The van der Waals surface area contributed by atoms with E-state index in [9.17, 15) is 19.5 Å². The summed E-state index contributed by atoms with van der Waals surface area (Å²) in [6.45, 7) is 4.67. The van der Waals surface area contributed by atoms with Gasteiger partial charge in [0.2, 0.25) is 0 Å². The average Bonchev–Trinajstić information content (AvgIpc) is 3.12. The number of esters is 2. The molecule has 0 aliphatic carbocycles. The molecule has 8 heteroatoms. The number of aliphatic carboxylic acids is 1. The van der Waals surface area contributed by atoms with Gasteiger partial charge in [-0.05, 0) is 38.5 Å². The van der Waals surface area contributed by atoms with Crippen molar-refractivity contribution in [1.82, 2.24) is 0 Å². The summed E-state index contributed by atoms with van der Waals surface area (Å²) in [5, 5.41) is 9.61. The zero-order valence-electron chi connectivity index (χ0n) is 35.9. The van der Waals surface area contributed by atoms with Crippen LogP contribution in [0.25, 0.3) is 0 Å². The van der Waals surface area contributed by atoms with Crippen molar-refractivity contribution < 1.29 is 38.2 Å². The summed E-state index contributed by atoms with van der Waals surface area (Å²) in [6.07, 6.45) is 40.7. The normalized spacial score (nSPS) is 13.1. The lowest BCUT2D eigenvalue weighted by molar-refractivity contribution is -0.887. The van der Waals surface area contributed by atoms with Crippen molar-refractivity contribution in [3.8, 4) is 0 Å². The van der Waals surface area contributed by atoms with E-state index in [0.29, 0.717) is 19.3 Å². The molecule has 0 radical (unpaired) electrons. The monoisotopic (exact) mass is 765 g/mol. The highest BCUT2D eigenvalue weighted by Crippen LogP contribution is 2.15. The van der Waals surface area contributed by atoms with E-state index in [0.717, 1.165) is 70.6 Å². The molecular formula is C46H86NO7+. The van der Waals surface area contributed by atoms with Gasteiger partial charge in [-0.1, -0.05) is 167 Å². The van der Waals surface area contributed by atoms with Gasteiger partial charge >= 0.3 is 17.9 Å². The van der Waals surface area contributed by atoms with Crippen LogP contribution in [0.3, 0.4) is 0 Å². The van der Waals surface area contributed by atoms with Gasteiger partial charge in [-0.2, -0.15) is 0 Å². The molecule has 0 aromatic carbocycles. The molecule has 0 saturated heterocycles. The van der Waals surface area contributed by atoms with Crippen molar-refractivity contribution in [2.45, 2.75) is 212 Å². The highest BCUT2D eigenvalue weighted by Gasteiger charge is 2.31. The second-order valence-electron chi connectivity index (χ2n) is 16.3. The maximum Gasteiger partial charge on any atom is 0.362 e. The van der Waals surface area contributed by atoms with Gasteiger partial charge in [-0.25, -0.2) is 4.79 Å². The van der Waals surface area contributed by atoms with Gasteiger partial charge in [0, 0.05) is 19.3 Å². The zero-order valence-corrected chi connectivity index (χ0v) is 35.9. The van der Waals surface area contributed by atoms with Crippen LogP contribution < -0.4 is 0 Å². The van der Waals surface area contributed by atoms with Gasteiger partial charge in [-0.3, -0.25) is 9.59 Å². The topological polar surface area (TPSA) is 99.1 Å². The number of hydrogen-bond acceptors (Lipinski definition) is 6. The van der Waals surface area contributed by atoms with Crippen LogP contribution in [-0.2, 0) is 28.6 Å². The maximum atomic E-state index is 12.7. The number of unbranched alkanes of at least 4 members (excludes halogenated alkanes) is 22. The Labute approximate surface area is 332 Å². The summed E-state index contributed by atoms with van der Waals surface area (Å²) < 4.78 is 17.3. The summed E-state index contributed by atoms with van der Waals surface area (Å²) in [6, 6.07) is -0.614. The van der Waals surface area contributed by atoms with Crippen molar-refractivity contribution in [3.63, 3.8) is 0 Å². The summed E-state index contributed by atoms with van der Waals surface area (Å²) in [5.74, 6) is -1.48. The molecule has 2 unspecified atom stereocenters.